The van der Waals surface area contributed by atoms with E-state index in [0.717, 1.165) is 0 Å². The van der Waals surface area contributed by atoms with Crippen LogP contribution < -0.4 is 5.32 Å². The zero-order valence-electron chi connectivity index (χ0n) is 8.37. The Morgan fingerprint density at radius 1 is 1.33 bits per heavy atom. The molecule has 3 N–H and O–H groups in total. The predicted molar refractivity (Wildman–Crippen MR) is 54.1 cm³/mol. The lowest BCUT2D eigenvalue weighted by Gasteiger charge is -2.08. The van der Waals surface area contributed by atoms with Crippen molar-refractivity contribution in [2.45, 2.75) is 13.8 Å². The molecular weight excluding hydrogens is 198 g/mol. The Kier molecular flexibility index (Phi) is 2.94. The highest BCUT2D eigenvalue weighted by Gasteiger charge is 2.13. The summed E-state index contributed by atoms with van der Waals surface area (Å²) >= 11 is 0. The Hall–Kier alpha value is -2.04. The molecule has 0 unspecified atom stereocenters. The van der Waals surface area contributed by atoms with E-state index in [1.165, 1.54) is 19.1 Å². The minimum Gasteiger partial charge on any atom is -0.507 e. The number of aromatic carboxylic acids is 1. The lowest BCUT2D eigenvalue weighted by atomic mass is 10.1. The first kappa shape index (κ1) is 11.0. The minimum absolute atomic E-state index is 0.223. The summed E-state index contributed by atoms with van der Waals surface area (Å²) in [5, 5.41) is 20.7. The van der Waals surface area contributed by atoms with Crippen LogP contribution in [-0.2, 0) is 4.79 Å². The number of hydrogen-bond donors (Lipinski definition) is 3. The summed E-state index contributed by atoms with van der Waals surface area (Å²) in [6.45, 7) is 2.88. The van der Waals surface area contributed by atoms with Gasteiger partial charge in [0.05, 0.1) is 0 Å². The van der Waals surface area contributed by atoms with Crippen LogP contribution in [0.4, 0.5) is 5.69 Å². The number of anilines is 1. The Morgan fingerprint density at radius 2 is 1.93 bits per heavy atom. The largest absolute Gasteiger partial charge is 0.507 e. The highest BCUT2D eigenvalue weighted by molar-refractivity contribution is 5.95. The van der Waals surface area contributed by atoms with Crippen molar-refractivity contribution in [2.75, 3.05) is 5.32 Å². The highest BCUT2D eigenvalue weighted by Crippen LogP contribution is 2.26. The number of carboxylic acids is 1. The number of carboxylic acid groups (broad SMARTS) is 1. The van der Waals surface area contributed by atoms with Crippen LogP contribution in [0.1, 0.15) is 22.8 Å². The molecule has 0 aromatic heterocycles. The van der Waals surface area contributed by atoms with Gasteiger partial charge in [0.15, 0.2) is 0 Å². The molecule has 0 atom stereocenters. The normalized spacial score (nSPS) is 9.73. The first-order valence-electron chi connectivity index (χ1n) is 4.26. The molecule has 0 aliphatic carbocycles. The number of hydrogen-bond acceptors (Lipinski definition) is 3. The number of carbonyl (C=O) groups is 2. The summed E-state index contributed by atoms with van der Waals surface area (Å²) in [5.41, 5.74) is 0.535. The van der Waals surface area contributed by atoms with Gasteiger partial charge in [-0.2, -0.15) is 0 Å². The van der Waals surface area contributed by atoms with Crippen molar-refractivity contribution in [1.29, 1.82) is 0 Å². The summed E-state index contributed by atoms with van der Waals surface area (Å²) in [6.07, 6.45) is 0. The monoisotopic (exact) mass is 209 g/mol. The van der Waals surface area contributed by atoms with Gasteiger partial charge in [0, 0.05) is 12.6 Å². The topological polar surface area (TPSA) is 86.6 Å². The van der Waals surface area contributed by atoms with E-state index in [1.807, 2.05) is 0 Å². The molecule has 0 heterocycles. The van der Waals surface area contributed by atoms with Gasteiger partial charge in [0.2, 0.25) is 5.91 Å². The van der Waals surface area contributed by atoms with Crippen LogP contribution in [0, 0.1) is 6.92 Å². The van der Waals surface area contributed by atoms with Crippen LogP contribution in [0.2, 0.25) is 0 Å². The molecule has 0 fully saturated rings. The third kappa shape index (κ3) is 2.46. The van der Waals surface area contributed by atoms with Gasteiger partial charge < -0.3 is 15.5 Å². The molecule has 5 nitrogen and oxygen atoms in total. The van der Waals surface area contributed by atoms with Crippen LogP contribution in [0.15, 0.2) is 12.1 Å². The maximum absolute atomic E-state index is 10.8. The Bertz CT molecular complexity index is 426. The van der Waals surface area contributed by atoms with Gasteiger partial charge in [-0.3, -0.25) is 4.79 Å². The SMILES string of the molecule is CC(=O)Nc1cc(C)c(O)c(C(=O)O)c1. The number of aromatic hydroxyl groups is 1. The number of carbonyl (C=O) groups excluding carboxylic acids is 1. The quantitative estimate of drug-likeness (QED) is 0.642. The van der Waals surface area contributed by atoms with Crippen LogP contribution in [0.3, 0.4) is 0 Å². The van der Waals surface area contributed by atoms with Crippen molar-refractivity contribution >= 4 is 17.6 Å². The molecule has 1 amide bonds. The van der Waals surface area contributed by atoms with Gasteiger partial charge in [0.1, 0.15) is 11.3 Å². The third-order valence-corrected chi connectivity index (χ3v) is 1.85. The number of aryl methyl sites for hydroxylation is 1. The Labute approximate surface area is 86.4 Å². The van der Waals surface area contributed by atoms with Crippen LogP contribution in [0.25, 0.3) is 0 Å². The van der Waals surface area contributed by atoms with E-state index in [4.69, 9.17) is 5.11 Å². The van der Waals surface area contributed by atoms with Crippen LogP contribution >= 0.6 is 0 Å². The summed E-state index contributed by atoms with van der Waals surface area (Å²) in [7, 11) is 0. The number of benzene rings is 1. The summed E-state index contributed by atoms with van der Waals surface area (Å²) in [6, 6.07) is 2.72. The zero-order chi connectivity index (χ0) is 11.6. The molecule has 5 heteroatoms. The second-order valence-electron chi connectivity index (χ2n) is 3.18. The molecule has 1 aromatic carbocycles. The Morgan fingerprint density at radius 3 is 2.40 bits per heavy atom. The second-order valence-corrected chi connectivity index (χ2v) is 3.18. The third-order valence-electron chi connectivity index (χ3n) is 1.85. The molecule has 15 heavy (non-hydrogen) atoms. The van der Waals surface area contributed by atoms with Crippen LogP contribution in [0.5, 0.6) is 5.75 Å². The van der Waals surface area contributed by atoms with Gasteiger partial charge in [-0.05, 0) is 24.6 Å². The first-order chi connectivity index (χ1) is 6.91. The fraction of sp³-hybridized carbons (Fsp3) is 0.200. The summed E-state index contributed by atoms with van der Waals surface area (Å²) < 4.78 is 0. The van der Waals surface area contributed by atoms with E-state index < -0.39 is 5.97 Å². The van der Waals surface area contributed by atoms with Crippen molar-refractivity contribution < 1.29 is 19.8 Å². The fourth-order valence-electron chi connectivity index (χ4n) is 1.22. The first-order valence-corrected chi connectivity index (χ1v) is 4.26. The molecule has 0 radical (unpaired) electrons. The molecule has 0 saturated heterocycles. The van der Waals surface area contributed by atoms with Gasteiger partial charge in [-0.1, -0.05) is 0 Å². The van der Waals surface area contributed by atoms with Gasteiger partial charge in [-0.25, -0.2) is 4.79 Å². The molecule has 0 aliphatic rings. The number of phenols is 1. The van der Waals surface area contributed by atoms with Crippen molar-refractivity contribution in [3.05, 3.63) is 23.3 Å². The smallest absolute Gasteiger partial charge is 0.339 e. The average Bonchev–Trinajstić information content (AvgIpc) is 2.09. The van der Waals surface area contributed by atoms with E-state index in [2.05, 4.69) is 5.32 Å². The summed E-state index contributed by atoms with van der Waals surface area (Å²) in [5.74, 6) is -1.81. The number of amides is 1. The molecule has 0 spiro atoms. The van der Waals surface area contributed by atoms with Crippen molar-refractivity contribution in [1.82, 2.24) is 0 Å². The molecule has 1 aromatic rings. The van der Waals surface area contributed by atoms with Crippen molar-refractivity contribution in [2.24, 2.45) is 0 Å². The van der Waals surface area contributed by atoms with Gasteiger partial charge in [-0.15, -0.1) is 0 Å². The van der Waals surface area contributed by atoms with Crippen LogP contribution in [-0.4, -0.2) is 22.1 Å². The molecule has 80 valence electrons. The fourth-order valence-corrected chi connectivity index (χ4v) is 1.22. The molecule has 0 saturated carbocycles. The van der Waals surface area contributed by atoms with E-state index in [9.17, 15) is 14.7 Å². The molecule has 0 aliphatic heterocycles. The number of rotatable bonds is 2. The van der Waals surface area contributed by atoms with E-state index in [-0.39, 0.29) is 17.2 Å². The standard InChI is InChI=1S/C10H11NO4/c1-5-3-7(11-6(2)12)4-8(9(5)13)10(14)15/h3-4,13H,1-2H3,(H,11,12)(H,14,15). The maximum atomic E-state index is 10.8. The van der Waals surface area contributed by atoms with E-state index >= 15 is 0 Å². The molecule has 1 rings (SSSR count). The lowest BCUT2D eigenvalue weighted by molar-refractivity contribution is -0.114. The zero-order valence-corrected chi connectivity index (χ0v) is 8.37. The molecular formula is C10H11NO4. The van der Waals surface area contributed by atoms with E-state index in [1.54, 1.807) is 6.92 Å². The van der Waals surface area contributed by atoms with Gasteiger partial charge in [0.25, 0.3) is 0 Å². The molecule has 0 bridgehead atoms. The predicted octanol–water partition coefficient (Wildman–Crippen LogP) is 1.36. The minimum atomic E-state index is -1.23. The Balaban J connectivity index is 3.23. The van der Waals surface area contributed by atoms with E-state index in [0.29, 0.717) is 11.3 Å². The van der Waals surface area contributed by atoms with Crippen molar-refractivity contribution in [3.8, 4) is 5.75 Å². The second kappa shape index (κ2) is 4.00. The average molecular weight is 209 g/mol. The van der Waals surface area contributed by atoms with Gasteiger partial charge >= 0.3 is 5.97 Å². The maximum Gasteiger partial charge on any atom is 0.339 e. The van der Waals surface area contributed by atoms with Crippen molar-refractivity contribution in [3.63, 3.8) is 0 Å². The highest BCUT2D eigenvalue weighted by atomic mass is 16.4. The summed E-state index contributed by atoms with van der Waals surface area (Å²) in [4.78, 5) is 21.5. The number of nitrogens with one attached hydrogen (secondary N) is 1. The lowest BCUT2D eigenvalue weighted by Crippen LogP contribution is -2.07.